The van der Waals surface area contributed by atoms with Crippen molar-refractivity contribution in [1.29, 1.82) is 0 Å². The van der Waals surface area contributed by atoms with E-state index in [0.29, 0.717) is 0 Å². The molecule has 0 aromatic carbocycles. The number of carboxylic acid groups (broad SMARTS) is 1. The third kappa shape index (κ3) is 9.03. The van der Waals surface area contributed by atoms with Gasteiger partial charge in [-0.05, 0) is 6.92 Å². The number of hydrogen-bond acceptors (Lipinski definition) is 6. The van der Waals surface area contributed by atoms with Crippen LogP contribution >= 0.6 is 0 Å². The van der Waals surface area contributed by atoms with Crippen LogP contribution in [0.2, 0.25) is 0 Å². The standard InChI is InChI=1S/C7H15NO7S2/c1-7(11,3-6(9)10)4-8-17(14,15)5-16(2,12)13/h8,11H,3-5H2,1-2H3,(H,9,10). The molecule has 0 aromatic heterocycles. The molecular formula is C7H15NO7S2. The van der Waals surface area contributed by atoms with Crippen molar-refractivity contribution in [1.82, 2.24) is 4.72 Å². The maximum atomic E-state index is 11.2. The molecule has 1 atom stereocenters. The van der Waals surface area contributed by atoms with E-state index in [1.165, 1.54) is 0 Å². The molecule has 10 heteroatoms. The van der Waals surface area contributed by atoms with E-state index in [-0.39, 0.29) is 0 Å². The maximum Gasteiger partial charge on any atom is 0.306 e. The van der Waals surface area contributed by atoms with Crippen LogP contribution in [0.1, 0.15) is 13.3 Å². The molecule has 0 heterocycles. The Balaban J connectivity index is 4.52. The molecule has 1 unspecified atom stereocenters. The Morgan fingerprint density at radius 2 is 1.76 bits per heavy atom. The smallest absolute Gasteiger partial charge is 0.306 e. The number of hydrogen-bond donors (Lipinski definition) is 3. The summed E-state index contributed by atoms with van der Waals surface area (Å²) in [6.07, 6.45) is 0.0933. The van der Waals surface area contributed by atoms with Gasteiger partial charge in [-0.2, -0.15) is 0 Å². The number of aliphatic carboxylic acids is 1. The highest BCUT2D eigenvalue weighted by Gasteiger charge is 2.27. The van der Waals surface area contributed by atoms with Crippen LogP contribution in [0, 0.1) is 0 Å². The molecule has 0 bridgehead atoms. The molecule has 0 aliphatic heterocycles. The van der Waals surface area contributed by atoms with Crippen molar-refractivity contribution >= 4 is 25.8 Å². The predicted octanol–water partition coefficient (Wildman–Crippen LogP) is -1.87. The van der Waals surface area contributed by atoms with Gasteiger partial charge >= 0.3 is 5.97 Å². The summed E-state index contributed by atoms with van der Waals surface area (Å²) in [4.78, 5) is 10.3. The van der Waals surface area contributed by atoms with Gasteiger partial charge in [-0.15, -0.1) is 0 Å². The number of carbonyl (C=O) groups is 1. The van der Waals surface area contributed by atoms with Gasteiger partial charge in [0, 0.05) is 12.8 Å². The van der Waals surface area contributed by atoms with Gasteiger partial charge in [-0.1, -0.05) is 0 Å². The second-order valence-electron chi connectivity index (χ2n) is 4.05. The van der Waals surface area contributed by atoms with Crippen molar-refractivity contribution in [2.75, 3.05) is 17.9 Å². The van der Waals surface area contributed by atoms with Crippen LogP contribution in [-0.4, -0.2) is 56.5 Å². The van der Waals surface area contributed by atoms with Crippen molar-refractivity contribution in [3.8, 4) is 0 Å². The molecule has 0 radical (unpaired) electrons. The summed E-state index contributed by atoms with van der Waals surface area (Å²) in [5.74, 6) is -1.29. The second kappa shape index (κ2) is 5.29. The van der Waals surface area contributed by atoms with Crippen molar-refractivity contribution in [2.24, 2.45) is 0 Å². The topological polar surface area (TPSA) is 138 Å². The Labute approximate surface area is 99.6 Å². The first-order valence-electron chi connectivity index (χ1n) is 4.42. The van der Waals surface area contributed by atoms with Gasteiger partial charge in [0.1, 0.15) is 0 Å². The van der Waals surface area contributed by atoms with E-state index in [4.69, 9.17) is 5.11 Å². The molecule has 0 spiro atoms. The normalized spacial score (nSPS) is 16.4. The summed E-state index contributed by atoms with van der Waals surface area (Å²) < 4.78 is 45.8. The molecule has 8 nitrogen and oxygen atoms in total. The summed E-state index contributed by atoms with van der Waals surface area (Å²) in [6.45, 7) is 0.557. The van der Waals surface area contributed by atoms with Crippen molar-refractivity contribution in [3.05, 3.63) is 0 Å². The largest absolute Gasteiger partial charge is 0.481 e. The Morgan fingerprint density at radius 3 is 2.12 bits per heavy atom. The molecule has 0 rings (SSSR count). The van der Waals surface area contributed by atoms with E-state index in [2.05, 4.69) is 0 Å². The SMILES string of the molecule is CC(O)(CNS(=O)(=O)CS(C)(=O)=O)CC(=O)O. The summed E-state index contributed by atoms with van der Waals surface area (Å²) in [7, 11) is -7.82. The number of sulfone groups is 1. The highest BCUT2D eigenvalue weighted by molar-refractivity contribution is 8.06. The van der Waals surface area contributed by atoms with Crippen molar-refractivity contribution in [2.45, 2.75) is 18.9 Å². The van der Waals surface area contributed by atoms with Crippen LogP contribution in [0.4, 0.5) is 0 Å². The zero-order valence-electron chi connectivity index (χ0n) is 9.37. The minimum atomic E-state index is -4.10. The molecular weight excluding hydrogens is 274 g/mol. The Morgan fingerprint density at radius 1 is 1.29 bits per heavy atom. The molecule has 0 fully saturated rings. The molecule has 0 aromatic rings. The van der Waals surface area contributed by atoms with Crippen LogP contribution in [0.5, 0.6) is 0 Å². The first-order chi connectivity index (χ1) is 7.33. The van der Waals surface area contributed by atoms with Gasteiger partial charge in [0.2, 0.25) is 10.0 Å². The van der Waals surface area contributed by atoms with Gasteiger partial charge < -0.3 is 10.2 Å². The highest BCUT2D eigenvalue weighted by Crippen LogP contribution is 2.08. The van der Waals surface area contributed by atoms with Gasteiger partial charge in [-0.25, -0.2) is 21.6 Å². The lowest BCUT2D eigenvalue weighted by molar-refractivity contribution is -0.141. The van der Waals surface area contributed by atoms with Gasteiger partial charge in [0.15, 0.2) is 14.9 Å². The third-order valence-corrected chi connectivity index (χ3v) is 5.11. The van der Waals surface area contributed by atoms with E-state index in [1.807, 2.05) is 4.72 Å². The number of carboxylic acids is 1. The average Bonchev–Trinajstić information content (AvgIpc) is 1.94. The minimum absolute atomic E-state index is 0.572. The Bertz CT molecular complexity index is 476. The van der Waals surface area contributed by atoms with Gasteiger partial charge in [-0.3, -0.25) is 4.79 Å². The van der Waals surface area contributed by atoms with E-state index in [0.717, 1.165) is 13.2 Å². The van der Waals surface area contributed by atoms with Crippen LogP contribution < -0.4 is 4.72 Å². The fraction of sp³-hybridized carbons (Fsp3) is 0.857. The van der Waals surface area contributed by atoms with Crippen LogP contribution in [0.25, 0.3) is 0 Å². The van der Waals surface area contributed by atoms with Crippen molar-refractivity contribution < 1.29 is 31.8 Å². The lowest BCUT2D eigenvalue weighted by Gasteiger charge is -2.21. The molecule has 102 valence electrons. The lowest BCUT2D eigenvalue weighted by Crippen LogP contribution is -2.43. The van der Waals surface area contributed by atoms with Gasteiger partial charge in [0.25, 0.3) is 0 Å². The molecule has 17 heavy (non-hydrogen) atoms. The van der Waals surface area contributed by atoms with Crippen LogP contribution in [0.3, 0.4) is 0 Å². The zero-order chi connectivity index (χ0) is 13.9. The first-order valence-corrected chi connectivity index (χ1v) is 8.13. The minimum Gasteiger partial charge on any atom is -0.481 e. The average molecular weight is 289 g/mol. The van der Waals surface area contributed by atoms with E-state index in [1.54, 1.807) is 0 Å². The molecule has 0 aliphatic carbocycles. The number of aliphatic hydroxyl groups is 1. The summed E-state index contributed by atoms with van der Waals surface area (Å²) >= 11 is 0. The maximum absolute atomic E-state index is 11.2. The number of sulfonamides is 1. The molecule has 0 amide bonds. The van der Waals surface area contributed by atoms with E-state index in [9.17, 15) is 26.7 Å². The molecule has 0 aliphatic rings. The number of nitrogens with one attached hydrogen (secondary N) is 1. The van der Waals surface area contributed by atoms with E-state index >= 15 is 0 Å². The molecule has 3 N–H and O–H groups in total. The molecule has 0 saturated carbocycles. The van der Waals surface area contributed by atoms with Gasteiger partial charge in [0.05, 0.1) is 12.0 Å². The Kier molecular flexibility index (Phi) is 5.07. The predicted molar refractivity (Wildman–Crippen MR) is 59.5 cm³/mol. The van der Waals surface area contributed by atoms with Crippen molar-refractivity contribution in [3.63, 3.8) is 0 Å². The molecule has 0 saturated heterocycles. The monoisotopic (exact) mass is 289 g/mol. The summed E-state index contributed by atoms with van der Waals surface area (Å²) in [5, 5.41) is 16.8. The fourth-order valence-electron chi connectivity index (χ4n) is 0.977. The quantitative estimate of drug-likeness (QED) is 0.499. The third-order valence-electron chi connectivity index (χ3n) is 1.57. The zero-order valence-corrected chi connectivity index (χ0v) is 11.0. The summed E-state index contributed by atoms with van der Waals surface area (Å²) in [5.41, 5.74) is -1.78. The van der Waals surface area contributed by atoms with E-state index < -0.39 is 49.5 Å². The number of rotatable bonds is 7. The first kappa shape index (κ1) is 16.3. The highest BCUT2D eigenvalue weighted by atomic mass is 32.3. The van der Waals surface area contributed by atoms with Crippen LogP contribution in [-0.2, 0) is 24.7 Å². The fourth-order valence-corrected chi connectivity index (χ4v) is 4.10. The van der Waals surface area contributed by atoms with Crippen LogP contribution in [0.15, 0.2) is 0 Å². The summed E-state index contributed by atoms with van der Waals surface area (Å²) in [6, 6.07) is 0. The Hall–Kier alpha value is -0.710. The second-order valence-corrected chi connectivity index (χ2v) is 8.36. The lowest BCUT2D eigenvalue weighted by atomic mass is 10.0.